The quantitative estimate of drug-likeness (QED) is 0.727. The Labute approximate surface area is 116 Å². The standard InChI is InChI=1S/C13H18N2O5/c1-8(12(17)15-13(18)14-2)20-11-6-10(19-3)5-4-9(11)7-16/h4-6,8,16H,7H2,1-3H3,(H2,14,15,17,18). The predicted octanol–water partition coefficient (Wildman–Crippen LogP) is 0.410. The number of nitrogens with one attached hydrogen (secondary N) is 2. The van der Waals surface area contributed by atoms with Gasteiger partial charge in [-0.25, -0.2) is 4.79 Å². The van der Waals surface area contributed by atoms with E-state index in [0.717, 1.165) is 0 Å². The molecule has 0 aliphatic rings. The summed E-state index contributed by atoms with van der Waals surface area (Å²) in [7, 11) is 2.90. The van der Waals surface area contributed by atoms with Crippen LogP contribution in [-0.4, -0.2) is 37.3 Å². The zero-order valence-corrected chi connectivity index (χ0v) is 11.6. The number of aliphatic hydroxyl groups excluding tert-OH is 1. The highest BCUT2D eigenvalue weighted by atomic mass is 16.5. The van der Waals surface area contributed by atoms with Gasteiger partial charge in [0.05, 0.1) is 13.7 Å². The monoisotopic (exact) mass is 282 g/mol. The summed E-state index contributed by atoms with van der Waals surface area (Å²) in [5.41, 5.74) is 0.519. The summed E-state index contributed by atoms with van der Waals surface area (Å²) < 4.78 is 10.5. The van der Waals surface area contributed by atoms with Gasteiger partial charge in [0.15, 0.2) is 6.10 Å². The summed E-state index contributed by atoms with van der Waals surface area (Å²) in [6.45, 7) is 1.27. The molecule has 0 aliphatic carbocycles. The van der Waals surface area contributed by atoms with Crippen molar-refractivity contribution in [3.05, 3.63) is 23.8 Å². The molecule has 0 heterocycles. The molecule has 0 fully saturated rings. The van der Waals surface area contributed by atoms with Crippen LogP contribution >= 0.6 is 0 Å². The summed E-state index contributed by atoms with van der Waals surface area (Å²) in [5, 5.41) is 13.6. The smallest absolute Gasteiger partial charge is 0.321 e. The molecule has 3 amide bonds. The number of hydrogen-bond donors (Lipinski definition) is 3. The van der Waals surface area contributed by atoms with Gasteiger partial charge >= 0.3 is 6.03 Å². The van der Waals surface area contributed by atoms with Gasteiger partial charge in [-0.3, -0.25) is 10.1 Å². The topological polar surface area (TPSA) is 96.9 Å². The van der Waals surface area contributed by atoms with E-state index in [9.17, 15) is 14.7 Å². The van der Waals surface area contributed by atoms with Gasteiger partial charge in [-0.05, 0) is 19.1 Å². The Morgan fingerprint density at radius 3 is 2.65 bits per heavy atom. The summed E-state index contributed by atoms with van der Waals surface area (Å²) in [6.07, 6.45) is -0.898. The highest BCUT2D eigenvalue weighted by molar-refractivity contribution is 5.96. The van der Waals surface area contributed by atoms with Crippen molar-refractivity contribution in [3.63, 3.8) is 0 Å². The lowest BCUT2D eigenvalue weighted by atomic mass is 10.2. The number of rotatable bonds is 5. The number of carbonyl (C=O) groups is 2. The van der Waals surface area contributed by atoms with Crippen LogP contribution in [0.2, 0.25) is 0 Å². The third-order valence-corrected chi connectivity index (χ3v) is 2.58. The highest BCUT2D eigenvalue weighted by Crippen LogP contribution is 2.25. The third kappa shape index (κ3) is 4.13. The van der Waals surface area contributed by atoms with Crippen LogP contribution in [0.1, 0.15) is 12.5 Å². The number of amides is 3. The first-order chi connectivity index (χ1) is 9.51. The van der Waals surface area contributed by atoms with Crippen molar-refractivity contribution < 1.29 is 24.2 Å². The first kappa shape index (κ1) is 15.8. The molecule has 7 nitrogen and oxygen atoms in total. The number of hydrogen-bond acceptors (Lipinski definition) is 5. The van der Waals surface area contributed by atoms with E-state index in [0.29, 0.717) is 17.1 Å². The minimum absolute atomic E-state index is 0.233. The van der Waals surface area contributed by atoms with Crippen molar-refractivity contribution >= 4 is 11.9 Å². The Bertz CT molecular complexity index is 490. The van der Waals surface area contributed by atoms with E-state index in [-0.39, 0.29) is 6.61 Å². The van der Waals surface area contributed by atoms with Gasteiger partial charge in [-0.2, -0.15) is 0 Å². The predicted molar refractivity (Wildman–Crippen MR) is 71.6 cm³/mol. The second-order valence-corrected chi connectivity index (χ2v) is 3.96. The number of carbonyl (C=O) groups excluding carboxylic acids is 2. The lowest BCUT2D eigenvalue weighted by molar-refractivity contribution is -0.126. The fraction of sp³-hybridized carbons (Fsp3) is 0.385. The fourth-order valence-electron chi connectivity index (χ4n) is 1.42. The van der Waals surface area contributed by atoms with E-state index < -0.39 is 18.0 Å². The number of urea groups is 1. The number of ether oxygens (including phenoxy) is 2. The lowest BCUT2D eigenvalue weighted by Gasteiger charge is -2.16. The molecule has 110 valence electrons. The zero-order chi connectivity index (χ0) is 15.1. The van der Waals surface area contributed by atoms with Crippen LogP contribution in [-0.2, 0) is 11.4 Å². The maximum absolute atomic E-state index is 11.7. The maximum Gasteiger partial charge on any atom is 0.321 e. The van der Waals surface area contributed by atoms with Gasteiger partial charge in [0.25, 0.3) is 5.91 Å². The molecule has 1 aromatic carbocycles. The zero-order valence-electron chi connectivity index (χ0n) is 11.6. The number of aliphatic hydroxyl groups is 1. The average molecular weight is 282 g/mol. The van der Waals surface area contributed by atoms with Crippen molar-refractivity contribution in [3.8, 4) is 11.5 Å². The minimum Gasteiger partial charge on any atom is -0.497 e. The van der Waals surface area contributed by atoms with E-state index in [1.54, 1.807) is 18.2 Å². The van der Waals surface area contributed by atoms with Crippen LogP contribution in [0.5, 0.6) is 11.5 Å². The van der Waals surface area contributed by atoms with Crippen molar-refractivity contribution in [2.24, 2.45) is 0 Å². The van der Waals surface area contributed by atoms with Crippen molar-refractivity contribution in [1.29, 1.82) is 0 Å². The first-order valence-corrected chi connectivity index (χ1v) is 5.98. The molecule has 7 heteroatoms. The molecule has 0 bridgehead atoms. The van der Waals surface area contributed by atoms with Gasteiger partial charge in [-0.1, -0.05) is 0 Å². The molecule has 0 radical (unpaired) electrons. The van der Waals surface area contributed by atoms with Crippen LogP contribution in [0.4, 0.5) is 4.79 Å². The van der Waals surface area contributed by atoms with E-state index in [1.807, 2.05) is 0 Å². The normalized spacial score (nSPS) is 11.4. The molecule has 0 aromatic heterocycles. The summed E-state index contributed by atoms with van der Waals surface area (Å²) in [5.74, 6) is 0.276. The van der Waals surface area contributed by atoms with Gasteiger partial charge < -0.3 is 19.9 Å². The lowest BCUT2D eigenvalue weighted by Crippen LogP contribution is -2.44. The summed E-state index contributed by atoms with van der Waals surface area (Å²) in [6, 6.07) is 4.26. The molecule has 20 heavy (non-hydrogen) atoms. The van der Waals surface area contributed by atoms with Crippen LogP contribution in [0, 0.1) is 0 Å². The molecule has 1 rings (SSSR count). The van der Waals surface area contributed by atoms with E-state index in [4.69, 9.17) is 9.47 Å². The largest absolute Gasteiger partial charge is 0.497 e. The maximum atomic E-state index is 11.7. The molecule has 0 saturated carbocycles. The summed E-state index contributed by atoms with van der Waals surface area (Å²) in [4.78, 5) is 22.7. The van der Waals surface area contributed by atoms with Crippen molar-refractivity contribution in [2.75, 3.05) is 14.2 Å². The van der Waals surface area contributed by atoms with Gasteiger partial charge in [0, 0.05) is 18.7 Å². The second kappa shape index (κ2) is 7.34. The van der Waals surface area contributed by atoms with Crippen LogP contribution in [0.3, 0.4) is 0 Å². The molecule has 1 unspecified atom stereocenters. The Balaban J connectivity index is 2.80. The number of methoxy groups -OCH3 is 1. The Morgan fingerprint density at radius 2 is 2.10 bits per heavy atom. The molecule has 1 atom stereocenters. The van der Waals surface area contributed by atoms with Crippen LogP contribution in [0.15, 0.2) is 18.2 Å². The fourth-order valence-corrected chi connectivity index (χ4v) is 1.42. The van der Waals surface area contributed by atoms with Crippen molar-refractivity contribution in [2.45, 2.75) is 19.6 Å². The number of benzene rings is 1. The average Bonchev–Trinajstić information content (AvgIpc) is 2.46. The molecular formula is C13H18N2O5. The first-order valence-electron chi connectivity index (χ1n) is 5.98. The minimum atomic E-state index is -0.898. The Hall–Kier alpha value is -2.28. The van der Waals surface area contributed by atoms with E-state index in [1.165, 1.54) is 21.1 Å². The highest BCUT2D eigenvalue weighted by Gasteiger charge is 2.18. The van der Waals surface area contributed by atoms with Crippen LogP contribution in [0.25, 0.3) is 0 Å². The third-order valence-electron chi connectivity index (χ3n) is 2.58. The Morgan fingerprint density at radius 1 is 1.40 bits per heavy atom. The van der Waals surface area contributed by atoms with Gasteiger partial charge in [0.1, 0.15) is 11.5 Å². The molecule has 1 aromatic rings. The second-order valence-electron chi connectivity index (χ2n) is 3.96. The molecule has 0 saturated heterocycles. The molecule has 0 spiro atoms. The molecule has 0 aliphatic heterocycles. The van der Waals surface area contributed by atoms with Gasteiger partial charge in [0.2, 0.25) is 0 Å². The van der Waals surface area contributed by atoms with E-state index in [2.05, 4.69) is 10.6 Å². The molecular weight excluding hydrogens is 264 g/mol. The SMILES string of the molecule is CNC(=O)NC(=O)C(C)Oc1cc(OC)ccc1CO. The number of imide groups is 1. The van der Waals surface area contributed by atoms with Crippen LogP contribution < -0.4 is 20.1 Å². The van der Waals surface area contributed by atoms with Crippen molar-refractivity contribution in [1.82, 2.24) is 10.6 Å². The van der Waals surface area contributed by atoms with Gasteiger partial charge in [-0.15, -0.1) is 0 Å². The Kier molecular flexibility index (Phi) is 5.79. The summed E-state index contributed by atoms with van der Waals surface area (Å²) >= 11 is 0. The molecule has 3 N–H and O–H groups in total. The van der Waals surface area contributed by atoms with E-state index >= 15 is 0 Å².